The van der Waals surface area contributed by atoms with Gasteiger partial charge in [0.15, 0.2) is 11.4 Å². The zero-order valence-corrected chi connectivity index (χ0v) is 18.1. The van der Waals surface area contributed by atoms with Crippen LogP contribution in [0, 0.1) is 6.92 Å². The fraction of sp³-hybridized carbons (Fsp3) is 0.185. The zero-order chi connectivity index (χ0) is 21.8. The summed E-state index contributed by atoms with van der Waals surface area (Å²) < 4.78 is 5.96. The van der Waals surface area contributed by atoms with Crippen molar-refractivity contribution in [3.05, 3.63) is 95.4 Å². The van der Waals surface area contributed by atoms with E-state index in [0.29, 0.717) is 22.6 Å². The molecule has 0 amide bonds. The number of nitrogens with zero attached hydrogens (tertiary/aromatic N) is 2. The van der Waals surface area contributed by atoms with Gasteiger partial charge >= 0.3 is 0 Å². The van der Waals surface area contributed by atoms with E-state index in [0.717, 1.165) is 35.4 Å². The number of anilines is 1. The first-order valence-corrected chi connectivity index (χ1v) is 10.6. The molecule has 4 rings (SSSR count). The van der Waals surface area contributed by atoms with Crippen molar-refractivity contribution < 1.29 is 9.21 Å². The Morgan fingerprint density at radius 2 is 1.61 bits per heavy atom. The SMILES string of the molecule is CCN(CC)c1ccc(C=C(C(=O)c2ccc(C)cc2)c2nc3ccccc3o2)cc1. The molecule has 156 valence electrons. The molecule has 0 saturated heterocycles. The first kappa shape index (κ1) is 20.6. The van der Waals surface area contributed by atoms with Crippen LogP contribution in [0.2, 0.25) is 0 Å². The van der Waals surface area contributed by atoms with E-state index in [4.69, 9.17) is 4.42 Å². The number of oxazole rings is 1. The Balaban J connectivity index is 1.77. The van der Waals surface area contributed by atoms with Gasteiger partial charge in [-0.2, -0.15) is 0 Å². The number of benzene rings is 3. The van der Waals surface area contributed by atoms with Crippen LogP contribution in [-0.4, -0.2) is 23.9 Å². The van der Waals surface area contributed by atoms with E-state index in [2.05, 4.69) is 35.9 Å². The Bertz CT molecular complexity index is 1180. The molecule has 0 unspecified atom stereocenters. The Morgan fingerprint density at radius 3 is 2.26 bits per heavy atom. The molecule has 4 nitrogen and oxygen atoms in total. The normalized spacial score (nSPS) is 11.6. The molecule has 0 aliphatic carbocycles. The first-order chi connectivity index (χ1) is 15.1. The highest BCUT2D eigenvalue weighted by Gasteiger charge is 2.20. The molecule has 0 aliphatic heterocycles. The van der Waals surface area contributed by atoms with Crippen molar-refractivity contribution in [2.75, 3.05) is 18.0 Å². The van der Waals surface area contributed by atoms with Gasteiger partial charge in [-0.05, 0) is 56.7 Å². The standard InChI is InChI=1S/C27H26N2O2/c1-4-29(5-2)22-16-12-20(13-17-22)18-23(26(30)21-14-10-19(3)11-15-21)27-28-24-8-6-7-9-25(24)31-27/h6-18H,4-5H2,1-3H3. The Morgan fingerprint density at radius 1 is 0.935 bits per heavy atom. The molecule has 3 aromatic carbocycles. The number of hydrogen-bond donors (Lipinski definition) is 0. The highest BCUT2D eigenvalue weighted by atomic mass is 16.3. The molecule has 0 fully saturated rings. The summed E-state index contributed by atoms with van der Waals surface area (Å²) in [4.78, 5) is 20.3. The van der Waals surface area contributed by atoms with E-state index in [-0.39, 0.29) is 5.78 Å². The molecule has 1 aromatic heterocycles. The fourth-order valence-electron chi connectivity index (χ4n) is 3.61. The fourth-order valence-corrected chi connectivity index (χ4v) is 3.61. The molecule has 1 heterocycles. The number of carbonyl (C=O) groups excluding carboxylic acids is 1. The molecule has 0 aliphatic rings. The minimum absolute atomic E-state index is 0.112. The van der Waals surface area contributed by atoms with Gasteiger partial charge in [0.2, 0.25) is 5.89 Å². The number of ketones is 1. The summed E-state index contributed by atoms with van der Waals surface area (Å²) in [6.45, 7) is 8.19. The largest absolute Gasteiger partial charge is 0.436 e. The number of rotatable bonds is 7. The summed E-state index contributed by atoms with van der Waals surface area (Å²) in [6, 6.07) is 23.3. The number of allylic oxidation sites excluding steroid dienone is 1. The Kier molecular flexibility index (Phi) is 5.99. The number of fused-ring (bicyclic) bond motifs is 1. The molecule has 0 radical (unpaired) electrons. The van der Waals surface area contributed by atoms with Gasteiger partial charge in [-0.1, -0.05) is 54.1 Å². The maximum absolute atomic E-state index is 13.4. The zero-order valence-electron chi connectivity index (χ0n) is 18.1. The van der Waals surface area contributed by atoms with Crippen molar-refractivity contribution in [1.29, 1.82) is 0 Å². The van der Waals surface area contributed by atoms with Crippen LogP contribution in [0.3, 0.4) is 0 Å². The van der Waals surface area contributed by atoms with Crippen molar-refractivity contribution in [3.8, 4) is 0 Å². The van der Waals surface area contributed by atoms with Gasteiger partial charge < -0.3 is 9.32 Å². The van der Waals surface area contributed by atoms with Crippen molar-refractivity contribution in [3.63, 3.8) is 0 Å². The van der Waals surface area contributed by atoms with E-state index >= 15 is 0 Å². The lowest BCUT2D eigenvalue weighted by Gasteiger charge is -2.20. The topological polar surface area (TPSA) is 46.3 Å². The van der Waals surface area contributed by atoms with Gasteiger partial charge in [-0.15, -0.1) is 0 Å². The number of hydrogen-bond acceptors (Lipinski definition) is 4. The molecule has 4 aromatic rings. The summed E-state index contributed by atoms with van der Waals surface area (Å²) >= 11 is 0. The number of para-hydroxylation sites is 2. The van der Waals surface area contributed by atoms with Crippen molar-refractivity contribution in [2.24, 2.45) is 0 Å². The third-order valence-electron chi connectivity index (χ3n) is 5.42. The third kappa shape index (κ3) is 4.43. The molecule has 0 atom stereocenters. The Labute approximate surface area is 182 Å². The maximum Gasteiger partial charge on any atom is 0.231 e. The number of Topliss-reactive ketones (excluding diaryl/α,β-unsaturated/α-hetero) is 1. The lowest BCUT2D eigenvalue weighted by Crippen LogP contribution is -2.21. The van der Waals surface area contributed by atoms with Crippen LogP contribution in [0.15, 0.2) is 77.2 Å². The van der Waals surface area contributed by atoms with Crippen molar-refractivity contribution in [1.82, 2.24) is 4.98 Å². The highest BCUT2D eigenvalue weighted by Crippen LogP contribution is 2.27. The summed E-state index contributed by atoms with van der Waals surface area (Å²) in [5, 5.41) is 0. The second-order valence-electron chi connectivity index (χ2n) is 7.50. The molecule has 0 N–H and O–H groups in total. The van der Waals surface area contributed by atoms with Crippen LogP contribution in [0.1, 0.15) is 41.2 Å². The first-order valence-electron chi connectivity index (χ1n) is 10.6. The predicted molar refractivity (Wildman–Crippen MR) is 127 cm³/mol. The molecule has 0 saturated carbocycles. The summed E-state index contributed by atoms with van der Waals surface area (Å²) in [5.74, 6) is 0.221. The number of carbonyl (C=O) groups is 1. The van der Waals surface area contributed by atoms with Crippen molar-refractivity contribution >= 4 is 34.2 Å². The van der Waals surface area contributed by atoms with Gasteiger partial charge in [0.1, 0.15) is 5.52 Å². The van der Waals surface area contributed by atoms with Crippen LogP contribution < -0.4 is 4.90 Å². The van der Waals surface area contributed by atoms with Gasteiger partial charge in [-0.25, -0.2) is 4.98 Å². The van der Waals surface area contributed by atoms with E-state index in [9.17, 15) is 4.79 Å². The molecule has 31 heavy (non-hydrogen) atoms. The van der Waals surface area contributed by atoms with Crippen LogP contribution in [-0.2, 0) is 0 Å². The molecule has 4 heteroatoms. The van der Waals surface area contributed by atoms with E-state index in [1.807, 2.05) is 73.7 Å². The number of aryl methyl sites for hydroxylation is 1. The van der Waals surface area contributed by atoms with Gasteiger partial charge in [0.05, 0.1) is 5.57 Å². The monoisotopic (exact) mass is 410 g/mol. The minimum atomic E-state index is -0.112. The average Bonchev–Trinajstić information content (AvgIpc) is 3.23. The maximum atomic E-state index is 13.4. The second-order valence-corrected chi connectivity index (χ2v) is 7.50. The molecule has 0 bridgehead atoms. The number of aromatic nitrogens is 1. The second kappa shape index (κ2) is 9.00. The summed E-state index contributed by atoms with van der Waals surface area (Å²) in [6.07, 6.45) is 1.86. The minimum Gasteiger partial charge on any atom is -0.436 e. The molecule has 0 spiro atoms. The van der Waals surface area contributed by atoms with Crippen LogP contribution in [0.25, 0.3) is 22.7 Å². The van der Waals surface area contributed by atoms with E-state index in [1.165, 1.54) is 0 Å². The Hall–Kier alpha value is -3.66. The van der Waals surface area contributed by atoms with Gasteiger partial charge in [0.25, 0.3) is 0 Å². The van der Waals surface area contributed by atoms with Gasteiger partial charge in [0, 0.05) is 24.3 Å². The van der Waals surface area contributed by atoms with Crippen LogP contribution >= 0.6 is 0 Å². The highest BCUT2D eigenvalue weighted by molar-refractivity contribution is 6.31. The van der Waals surface area contributed by atoms with Crippen LogP contribution in [0.4, 0.5) is 5.69 Å². The smallest absolute Gasteiger partial charge is 0.231 e. The van der Waals surface area contributed by atoms with Gasteiger partial charge in [-0.3, -0.25) is 4.79 Å². The van der Waals surface area contributed by atoms with E-state index in [1.54, 1.807) is 0 Å². The third-order valence-corrected chi connectivity index (χ3v) is 5.42. The van der Waals surface area contributed by atoms with E-state index < -0.39 is 0 Å². The lowest BCUT2D eigenvalue weighted by atomic mass is 10.00. The van der Waals surface area contributed by atoms with Crippen LogP contribution in [0.5, 0.6) is 0 Å². The quantitative estimate of drug-likeness (QED) is 0.261. The van der Waals surface area contributed by atoms with Crippen molar-refractivity contribution in [2.45, 2.75) is 20.8 Å². The molecular weight excluding hydrogens is 384 g/mol. The summed E-state index contributed by atoms with van der Waals surface area (Å²) in [7, 11) is 0. The average molecular weight is 411 g/mol. The predicted octanol–water partition coefficient (Wildman–Crippen LogP) is 6.41. The molecular formula is C27H26N2O2. The lowest BCUT2D eigenvalue weighted by molar-refractivity contribution is 0.105. The summed E-state index contributed by atoms with van der Waals surface area (Å²) in [5.41, 5.74) is 5.64.